The van der Waals surface area contributed by atoms with E-state index in [4.69, 9.17) is 11.6 Å². The van der Waals surface area contributed by atoms with Crippen LogP contribution in [0.5, 0.6) is 0 Å². The third-order valence-electron chi connectivity index (χ3n) is 4.14. The number of aliphatic hydroxyl groups is 1. The number of aliphatic hydroxyl groups excluding tert-OH is 1. The summed E-state index contributed by atoms with van der Waals surface area (Å²) in [4.78, 5) is 29.3. The summed E-state index contributed by atoms with van der Waals surface area (Å²) in [5.41, 5.74) is 0.938. The monoisotopic (exact) mass is 441 g/mol. The SMILES string of the molecule is CN(C)CCCNC(=O)N1C(=O)/C(=C(\O)c2cccs2)c2cc(Cl)ccc21.Cl. The molecular weight excluding hydrogens is 421 g/mol. The van der Waals surface area contributed by atoms with Gasteiger partial charge in [-0.1, -0.05) is 17.7 Å². The van der Waals surface area contributed by atoms with Gasteiger partial charge in [-0.3, -0.25) is 4.79 Å². The van der Waals surface area contributed by atoms with Gasteiger partial charge >= 0.3 is 6.03 Å². The Balaban J connectivity index is 0.00000280. The fraction of sp³-hybridized carbons (Fsp3) is 0.263. The van der Waals surface area contributed by atoms with Crippen LogP contribution in [0, 0.1) is 0 Å². The summed E-state index contributed by atoms with van der Waals surface area (Å²) < 4.78 is 0. The van der Waals surface area contributed by atoms with Gasteiger partial charge in [0.05, 0.1) is 16.1 Å². The third-order valence-corrected chi connectivity index (χ3v) is 5.25. The van der Waals surface area contributed by atoms with Crippen molar-refractivity contribution in [2.75, 3.05) is 32.1 Å². The number of nitrogens with one attached hydrogen (secondary N) is 1. The average Bonchev–Trinajstić information content (AvgIpc) is 3.23. The molecule has 2 aromatic rings. The minimum absolute atomic E-state index is 0. The molecule has 1 aromatic heterocycles. The minimum atomic E-state index is -0.566. The van der Waals surface area contributed by atoms with E-state index in [0.29, 0.717) is 27.7 Å². The second-order valence-electron chi connectivity index (χ2n) is 6.39. The van der Waals surface area contributed by atoms with Gasteiger partial charge in [-0.05, 0) is 56.7 Å². The van der Waals surface area contributed by atoms with E-state index in [2.05, 4.69) is 5.32 Å². The first-order valence-electron chi connectivity index (χ1n) is 8.44. The van der Waals surface area contributed by atoms with Gasteiger partial charge < -0.3 is 15.3 Å². The third kappa shape index (κ3) is 4.50. The highest BCUT2D eigenvalue weighted by Crippen LogP contribution is 2.42. The fourth-order valence-electron chi connectivity index (χ4n) is 2.88. The number of benzene rings is 1. The van der Waals surface area contributed by atoms with E-state index in [1.54, 1.807) is 35.7 Å². The number of amides is 3. The molecule has 0 atom stereocenters. The molecule has 150 valence electrons. The summed E-state index contributed by atoms with van der Waals surface area (Å²) >= 11 is 7.40. The predicted octanol–water partition coefficient (Wildman–Crippen LogP) is 4.26. The molecular formula is C19H21Cl2N3O3S. The highest BCUT2D eigenvalue weighted by atomic mass is 35.5. The molecule has 2 heterocycles. The van der Waals surface area contributed by atoms with Crippen molar-refractivity contribution in [2.45, 2.75) is 6.42 Å². The van der Waals surface area contributed by atoms with Crippen LogP contribution in [0.4, 0.5) is 10.5 Å². The van der Waals surface area contributed by atoms with Gasteiger partial charge in [0.15, 0.2) is 0 Å². The van der Waals surface area contributed by atoms with Gasteiger partial charge in [-0.15, -0.1) is 23.7 Å². The molecule has 3 amide bonds. The molecule has 1 aliphatic rings. The van der Waals surface area contributed by atoms with E-state index in [1.807, 2.05) is 19.0 Å². The number of anilines is 1. The number of halogens is 2. The van der Waals surface area contributed by atoms with E-state index in [-0.39, 0.29) is 23.7 Å². The van der Waals surface area contributed by atoms with E-state index in [1.165, 1.54) is 11.3 Å². The largest absolute Gasteiger partial charge is 0.506 e. The van der Waals surface area contributed by atoms with Crippen molar-refractivity contribution in [2.24, 2.45) is 0 Å². The number of carbonyl (C=O) groups is 2. The van der Waals surface area contributed by atoms with Crippen molar-refractivity contribution in [3.05, 3.63) is 51.2 Å². The van der Waals surface area contributed by atoms with E-state index < -0.39 is 11.9 Å². The molecule has 1 aromatic carbocycles. The Kier molecular flexibility index (Phi) is 7.48. The fourth-order valence-corrected chi connectivity index (χ4v) is 3.72. The van der Waals surface area contributed by atoms with Crippen LogP contribution in [0.25, 0.3) is 11.3 Å². The van der Waals surface area contributed by atoms with E-state index in [0.717, 1.165) is 17.9 Å². The van der Waals surface area contributed by atoms with Crippen molar-refractivity contribution >= 4 is 64.3 Å². The molecule has 0 fully saturated rings. The molecule has 2 N–H and O–H groups in total. The number of hydrogen-bond donors (Lipinski definition) is 2. The normalized spacial score (nSPS) is 14.7. The van der Waals surface area contributed by atoms with E-state index in [9.17, 15) is 14.7 Å². The van der Waals surface area contributed by atoms with Crippen molar-refractivity contribution in [3.63, 3.8) is 0 Å². The van der Waals surface area contributed by atoms with Gasteiger partial charge in [0.2, 0.25) is 0 Å². The van der Waals surface area contributed by atoms with Crippen LogP contribution in [-0.4, -0.2) is 49.1 Å². The Hall–Kier alpha value is -2.06. The van der Waals surface area contributed by atoms with Crippen molar-refractivity contribution in [1.29, 1.82) is 0 Å². The van der Waals surface area contributed by atoms with Crippen LogP contribution in [0.1, 0.15) is 16.9 Å². The molecule has 1 aliphatic heterocycles. The summed E-state index contributed by atoms with van der Waals surface area (Å²) in [7, 11) is 3.91. The van der Waals surface area contributed by atoms with Crippen LogP contribution < -0.4 is 10.2 Å². The smallest absolute Gasteiger partial charge is 0.329 e. The highest BCUT2D eigenvalue weighted by Gasteiger charge is 2.39. The lowest BCUT2D eigenvalue weighted by Crippen LogP contribution is -2.42. The van der Waals surface area contributed by atoms with Crippen LogP contribution in [0.2, 0.25) is 5.02 Å². The lowest BCUT2D eigenvalue weighted by molar-refractivity contribution is -0.112. The first-order chi connectivity index (χ1) is 12.9. The van der Waals surface area contributed by atoms with Crippen LogP contribution >= 0.6 is 35.3 Å². The standard InChI is InChI=1S/C19H20ClN3O3S.ClH/c1-22(2)9-4-8-21-19(26)23-14-7-6-12(20)11-13(14)16(18(23)25)17(24)15-5-3-10-27-15;/h3,5-7,10-11,24H,4,8-9H2,1-2H3,(H,21,26);1H/b17-16-;. The van der Waals surface area contributed by atoms with Gasteiger partial charge in [-0.25, -0.2) is 9.69 Å². The zero-order valence-electron chi connectivity index (χ0n) is 15.4. The number of rotatable bonds is 5. The van der Waals surface area contributed by atoms with Crippen molar-refractivity contribution in [3.8, 4) is 0 Å². The maximum Gasteiger partial charge on any atom is 0.329 e. The van der Waals surface area contributed by atoms with Crippen LogP contribution in [-0.2, 0) is 4.79 Å². The number of nitrogens with zero attached hydrogens (tertiary/aromatic N) is 2. The molecule has 0 spiro atoms. The second-order valence-corrected chi connectivity index (χ2v) is 7.78. The maximum absolute atomic E-state index is 13.0. The van der Waals surface area contributed by atoms with Gasteiger partial charge in [0.25, 0.3) is 5.91 Å². The summed E-state index contributed by atoms with van der Waals surface area (Å²) in [5, 5.41) is 15.6. The second kappa shape index (κ2) is 9.43. The average molecular weight is 442 g/mol. The van der Waals surface area contributed by atoms with Crippen molar-refractivity contribution in [1.82, 2.24) is 10.2 Å². The Labute approximate surface area is 178 Å². The number of urea groups is 1. The summed E-state index contributed by atoms with van der Waals surface area (Å²) in [6.45, 7) is 1.27. The molecule has 0 bridgehead atoms. The molecule has 0 saturated heterocycles. The Bertz CT molecular complexity index is 898. The zero-order chi connectivity index (χ0) is 19.6. The lowest BCUT2D eigenvalue weighted by Gasteiger charge is -2.17. The number of thiophene rings is 1. The predicted molar refractivity (Wildman–Crippen MR) is 117 cm³/mol. The Morgan fingerprint density at radius 3 is 2.71 bits per heavy atom. The van der Waals surface area contributed by atoms with Crippen LogP contribution in [0.3, 0.4) is 0 Å². The lowest BCUT2D eigenvalue weighted by atomic mass is 10.1. The Morgan fingerprint density at radius 1 is 1.32 bits per heavy atom. The number of fused-ring (bicyclic) bond motifs is 1. The molecule has 0 radical (unpaired) electrons. The number of imide groups is 1. The van der Waals surface area contributed by atoms with E-state index >= 15 is 0 Å². The highest BCUT2D eigenvalue weighted by molar-refractivity contribution is 7.11. The molecule has 9 heteroatoms. The van der Waals surface area contributed by atoms with Crippen molar-refractivity contribution < 1.29 is 14.7 Å². The van der Waals surface area contributed by atoms with Gasteiger partial charge in [-0.2, -0.15) is 0 Å². The molecule has 28 heavy (non-hydrogen) atoms. The number of hydrogen-bond acceptors (Lipinski definition) is 5. The quantitative estimate of drug-likeness (QED) is 0.413. The summed E-state index contributed by atoms with van der Waals surface area (Å²) in [6.07, 6.45) is 0.761. The molecule has 3 rings (SSSR count). The van der Waals surface area contributed by atoms with Gasteiger partial charge in [0.1, 0.15) is 5.76 Å². The summed E-state index contributed by atoms with van der Waals surface area (Å²) in [5.74, 6) is -0.718. The molecule has 0 unspecified atom stereocenters. The first kappa shape index (κ1) is 22.2. The minimum Gasteiger partial charge on any atom is -0.506 e. The summed E-state index contributed by atoms with van der Waals surface area (Å²) in [6, 6.07) is 7.80. The maximum atomic E-state index is 13.0. The van der Waals surface area contributed by atoms with Crippen LogP contribution in [0.15, 0.2) is 35.7 Å². The zero-order valence-corrected chi connectivity index (χ0v) is 17.8. The number of carbonyl (C=O) groups excluding carboxylic acids is 2. The van der Waals surface area contributed by atoms with Gasteiger partial charge in [0, 0.05) is 17.1 Å². The first-order valence-corrected chi connectivity index (χ1v) is 9.70. The molecule has 6 nitrogen and oxygen atoms in total. The molecule has 0 saturated carbocycles. The topological polar surface area (TPSA) is 72.9 Å². The molecule has 0 aliphatic carbocycles. The Morgan fingerprint density at radius 2 is 2.07 bits per heavy atom.